The maximum Gasteiger partial charge on any atom is 0.394 e. The van der Waals surface area contributed by atoms with Crippen molar-refractivity contribution in [3.05, 3.63) is 59.1 Å². The lowest BCUT2D eigenvalue weighted by Gasteiger charge is -2.15. The molecule has 136 valence electrons. The van der Waals surface area contributed by atoms with Crippen molar-refractivity contribution in [3.8, 4) is 11.1 Å². The first-order valence-electron chi connectivity index (χ1n) is 7.95. The zero-order valence-corrected chi connectivity index (χ0v) is 14.6. The molecule has 2 aromatic rings. The van der Waals surface area contributed by atoms with E-state index < -0.39 is 23.9 Å². The number of carbonyl (C=O) groups is 3. The molecule has 3 N–H and O–H groups in total. The fourth-order valence-corrected chi connectivity index (χ4v) is 2.75. The number of rotatable bonds is 7. The summed E-state index contributed by atoms with van der Waals surface area (Å²) in [6.07, 6.45) is 0.495. The third-order valence-corrected chi connectivity index (χ3v) is 4.08. The smallest absolute Gasteiger partial charge is 0.394 e. The van der Waals surface area contributed by atoms with Gasteiger partial charge in [-0.25, -0.2) is 4.79 Å². The summed E-state index contributed by atoms with van der Waals surface area (Å²) in [5, 5.41) is 20.4. The van der Waals surface area contributed by atoms with Gasteiger partial charge >= 0.3 is 17.8 Å². The highest BCUT2D eigenvalue weighted by Gasteiger charge is 2.19. The minimum Gasteiger partial charge on any atom is -0.481 e. The molecular formula is C19H18ClNO5. The quantitative estimate of drug-likeness (QED) is 0.645. The Morgan fingerprint density at radius 2 is 1.69 bits per heavy atom. The van der Waals surface area contributed by atoms with E-state index in [0.29, 0.717) is 17.9 Å². The first-order valence-corrected chi connectivity index (χ1v) is 8.33. The van der Waals surface area contributed by atoms with Crippen molar-refractivity contribution < 1.29 is 24.6 Å². The van der Waals surface area contributed by atoms with Crippen molar-refractivity contribution in [1.29, 1.82) is 0 Å². The van der Waals surface area contributed by atoms with Crippen molar-refractivity contribution in [1.82, 2.24) is 5.32 Å². The van der Waals surface area contributed by atoms with E-state index in [1.807, 2.05) is 42.5 Å². The number of nitrogens with one attached hydrogen (secondary N) is 1. The van der Waals surface area contributed by atoms with E-state index in [0.717, 1.165) is 16.7 Å². The number of carboxylic acids is 2. The minimum atomic E-state index is -1.63. The lowest BCUT2D eigenvalue weighted by molar-refractivity contribution is -0.151. The summed E-state index contributed by atoms with van der Waals surface area (Å²) in [4.78, 5) is 32.8. The molecule has 6 nitrogen and oxygen atoms in total. The third-order valence-electron chi connectivity index (χ3n) is 3.84. The van der Waals surface area contributed by atoms with E-state index >= 15 is 0 Å². The summed E-state index contributed by atoms with van der Waals surface area (Å²) in [5.41, 5.74) is 2.94. The molecule has 2 aromatic carbocycles. The second-order valence-corrected chi connectivity index (χ2v) is 6.26. The van der Waals surface area contributed by atoms with E-state index in [2.05, 4.69) is 5.32 Å². The van der Waals surface area contributed by atoms with Crippen LogP contribution in [0.1, 0.15) is 18.4 Å². The largest absolute Gasteiger partial charge is 0.481 e. The Hall–Kier alpha value is -2.86. The first-order chi connectivity index (χ1) is 12.3. The third kappa shape index (κ3) is 5.89. The number of halogens is 1. The topological polar surface area (TPSA) is 104 Å². The van der Waals surface area contributed by atoms with Crippen LogP contribution in [0.25, 0.3) is 11.1 Å². The van der Waals surface area contributed by atoms with Crippen LogP contribution in [-0.2, 0) is 20.8 Å². The molecule has 0 bridgehead atoms. The van der Waals surface area contributed by atoms with Crippen molar-refractivity contribution >= 4 is 29.4 Å². The van der Waals surface area contributed by atoms with Gasteiger partial charge in [-0.3, -0.25) is 9.59 Å². The number of carbonyl (C=O) groups excluding carboxylic acids is 1. The maximum absolute atomic E-state index is 11.3. The summed E-state index contributed by atoms with van der Waals surface area (Å²) >= 11 is 5.99. The second-order valence-electron chi connectivity index (χ2n) is 5.82. The zero-order valence-electron chi connectivity index (χ0n) is 13.8. The van der Waals surface area contributed by atoms with Crippen LogP contribution in [0, 0.1) is 0 Å². The molecule has 0 aliphatic rings. The number of benzene rings is 2. The summed E-state index contributed by atoms with van der Waals surface area (Å²) in [5.74, 6) is -3.93. The Morgan fingerprint density at radius 3 is 2.27 bits per heavy atom. The number of hydrogen-bond donors (Lipinski definition) is 3. The summed E-state index contributed by atoms with van der Waals surface area (Å²) in [7, 11) is 0. The van der Waals surface area contributed by atoms with E-state index in [1.54, 1.807) is 6.07 Å². The lowest BCUT2D eigenvalue weighted by Crippen LogP contribution is -2.40. The molecule has 0 heterocycles. The molecule has 0 radical (unpaired) electrons. The van der Waals surface area contributed by atoms with Gasteiger partial charge in [0.15, 0.2) is 0 Å². The van der Waals surface area contributed by atoms with Crippen LogP contribution >= 0.6 is 11.6 Å². The van der Waals surface area contributed by atoms with Gasteiger partial charge in [-0.2, -0.15) is 0 Å². The Morgan fingerprint density at radius 1 is 1.00 bits per heavy atom. The van der Waals surface area contributed by atoms with Crippen LogP contribution in [0.15, 0.2) is 48.5 Å². The Balaban J connectivity index is 2.01. The molecule has 0 aliphatic carbocycles. The maximum atomic E-state index is 11.3. The predicted octanol–water partition coefficient (Wildman–Crippen LogP) is 2.98. The standard InChI is InChI=1S/C19H18ClNO5/c20-15-3-1-2-14(10-15)13-7-4-12(5-8-13)6-9-16(11-17(22)23)21-18(24)19(25)26/h1-5,7-8,10,16H,6,9,11H2,(H,21,24)(H,22,23)(H,25,26)/t16-/m1/s1. The monoisotopic (exact) mass is 375 g/mol. The molecular weight excluding hydrogens is 358 g/mol. The highest BCUT2D eigenvalue weighted by molar-refractivity contribution is 6.31. The molecule has 0 saturated carbocycles. The average Bonchev–Trinajstić information content (AvgIpc) is 2.59. The van der Waals surface area contributed by atoms with Gasteiger partial charge in [-0.15, -0.1) is 0 Å². The number of hydrogen-bond acceptors (Lipinski definition) is 3. The van der Waals surface area contributed by atoms with Gasteiger partial charge in [0, 0.05) is 11.1 Å². The highest BCUT2D eigenvalue weighted by atomic mass is 35.5. The molecule has 0 spiro atoms. The molecule has 0 aromatic heterocycles. The molecule has 7 heteroatoms. The van der Waals surface area contributed by atoms with Crippen LogP contribution in [-0.4, -0.2) is 34.1 Å². The van der Waals surface area contributed by atoms with Gasteiger partial charge in [-0.05, 0) is 41.7 Å². The normalized spacial score (nSPS) is 11.6. The van der Waals surface area contributed by atoms with Crippen molar-refractivity contribution in [2.75, 3.05) is 0 Å². The minimum absolute atomic E-state index is 0.321. The van der Waals surface area contributed by atoms with Crippen molar-refractivity contribution in [3.63, 3.8) is 0 Å². The molecule has 1 amide bonds. The van der Waals surface area contributed by atoms with Gasteiger partial charge < -0.3 is 15.5 Å². The van der Waals surface area contributed by atoms with Gasteiger partial charge in [0.05, 0.1) is 6.42 Å². The molecule has 0 saturated heterocycles. The Kier molecular flexibility index (Phi) is 6.74. The predicted molar refractivity (Wildman–Crippen MR) is 97.0 cm³/mol. The number of aryl methyl sites for hydroxylation is 1. The van der Waals surface area contributed by atoms with E-state index in [-0.39, 0.29) is 6.42 Å². The highest BCUT2D eigenvalue weighted by Crippen LogP contribution is 2.23. The summed E-state index contributed by atoms with van der Waals surface area (Å²) < 4.78 is 0. The zero-order chi connectivity index (χ0) is 19.1. The van der Waals surface area contributed by atoms with Gasteiger partial charge in [0.1, 0.15) is 0 Å². The van der Waals surface area contributed by atoms with Crippen LogP contribution in [0.2, 0.25) is 5.02 Å². The van der Waals surface area contributed by atoms with Crippen LogP contribution in [0.4, 0.5) is 0 Å². The number of aliphatic carboxylic acids is 2. The van der Waals surface area contributed by atoms with Gasteiger partial charge in [-0.1, -0.05) is 48.0 Å². The molecule has 0 aliphatic heterocycles. The van der Waals surface area contributed by atoms with Gasteiger partial charge in [0.2, 0.25) is 0 Å². The SMILES string of the molecule is O=C(O)C[C@@H](CCc1ccc(-c2cccc(Cl)c2)cc1)NC(=O)C(=O)O. The van der Waals surface area contributed by atoms with Gasteiger partial charge in [0.25, 0.3) is 0 Å². The van der Waals surface area contributed by atoms with Crippen molar-refractivity contribution in [2.45, 2.75) is 25.3 Å². The summed E-state index contributed by atoms with van der Waals surface area (Å²) in [6.45, 7) is 0. The number of carboxylic acid groups (broad SMARTS) is 2. The van der Waals surface area contributed by atoms with Crippen molar-refractivity contribution in [2.24, 2.45) is 0 Å². The molecule has 26 heavy (non-hydrogen) atoms. The Labute approximate surface area is 155 Å². The second kappa shape index (κ2) is 9.01. The molecule has 0 fully saturated rings. The van der Waals surface area contributed by atoms with E-state index in [9.17, 15) is 14.4 Å². The fourth-order valence-electron chi connectivity index (χ4n) is 2.56. The molecule has 1 atom stereocenters. The molecule has 0 unspecified atom stereocenters. The fraction of sp³-hybridized carbons (Fsp3) is 0.211. The lowest BCUT2D eigenvalue weighted by atomic mass is 9.99. The average molecular weight is 376 g/mol. The first kappa shape index (κ1) is 19.5. The number of amides is 1. The summed E-state index contributed by atoms with van der Waals surface area (Å²) in [6, 6.07) is 14.4. The van der Waals surface area contributed by atoms with Crippen LogP contribution in [0.3, 0.4) is 0 Å². The van der Waals surface area contributed by atoms with Crippen LogP contribution < -0.4 is 5.32 Å². The Bertz CT molecular complexity index is 804. The van der Waals surface area contributed by atoms with Crippen LogP contribution in [0.5, 0.6) is 0 Å². The van der Waals surface area contributed by atoms with E-state index in [1.165, 1.54) is 0 Å². The molecule has 2 rings (SSSR count). The van der Waals surface area contributed by atoms with E-state index in [4.69, 9.17) is 21.8 Å².